The van der Waals surface area contributed by atoms with Crippen LogP contribution in [0.25, 0.3) is 0 Å². The molecule has 1 amide bonds. The number of amidine groups is 1. The number of benzene rings is 1. The molecule has 0 saturated carbocycles. The number of ether oxygens (including phenoxy) is 2. The molecule has 1 atom stereocenters. The molecule has 0 unspecified atom stereocenters. The Kier molecular flexibility index (Phi) is 5.85. The van der Waals surface area contributed by atoms with Gasteiger partial charge < -0.3 is 25.4 Å². The van der Waals surface area contributed by atoms with Gasteiger partial charge in [0.05, 0.1) is 31.6 Å². The van der Waals surface area contributed by atoms with E-state index in [1.165, 1.54) is 11.8 Å². The van der Waals surface area contributed by atoms with Gasteiger partial charge in [0.2, 0.25) is 0 Å². The third-order valence-corrected chi connectivity index (χ3v) is 4.92. The Hall–Kier alpha value is -3.20. The van der Waals surface area contributed by atoms with E-state index in [0.717, 1.165) is 31.7 Å². The number of nitrogens with two attached hydrogens (primary N) is 1. The molecule has 0 spiro atoms. The first kappa shape index (κ1) is 19.1. The number of carbonyl (C=O) groups excluding carboxylic acids is 1. The number of hydrogen-bond acceptors (Lipinski definition) is 8. The van der Waals surface area contributed by atoms with E-state index >= 15 is 0 Å². The summed E-state index contributed by atoms with van der Waals surface area (Å²) in [7, 11) is 0. The van der Waals surface area contributed by atoms with E-state index in [9.17, 15) is 4.79 Å². The second kappa shape index (κ2) is 8.87. The molecule has 1 aromatic carbocycles. The van der Waals surface area contributed by atoms with Crippen molar-refractivity contribution < 1.29 is 14.3 Å². The average molecular weight is 396 g/mol. The molecule has 0 radical (unpaired) electrons. The molecule has 152 valence electrons. The van der Waals surface area contributed by atoms with E-state index in [1.54, 1.807) is 6.20 Å². The predicted octanol–water partition coefficient (Wildman–Crippen LogP) is 1.21. The maximum atomic E-state index is 12.4. The Morgan fingerprint density at radius 3 is 2.62 bits per heavy atom. The summed E-state index contributed by atoms with van der Waals surface area (Å²) < 4.78 is 10.5. The number of aliphatic imine (C=N–C) groups is 1. The second-order valence-corrected chi connectivity index (χ2v) is 6.98. The van der Waals surface area contributed by atoms with Crippen LogP contribution in [0.5, 0.6) is 0 Å². The third-order valence-electron chi connectivity index (χ3n) is 4.92. The first-order valence-electron chi connectivity index (χ1n) is 9.68. The van der Waals surface area contributed by atoms with E-state index in [-0.39, 0.29) is 23.7 Å². The van der Waals surface area contributed by atoms with Crippen molar-refractivity contribution in [2.75, 3.05) is 43.1 Å². The lowest BCUT2D eigenvalue weighted by Crippen LogP contribution is -2.36. The van der Waals surface area contributed by atoms with Gasteiger partial charge in [0.25, 0.3) is 11.9 Å². The van der Waals surface area contributed by atoms with Gasteiger partial charge in [-0.25, -0.2) is 15.0 Å². The maximum Gasteiger partial charge on any atom is 0.282 e. The second-order valence-electron chi connectivity index (χ2n) is 6.98. The van der Waals surface area contributed by atoms with Gasteiger partial charge in [0.15, 0.2) is 0 Å². The fraction of sp³-hybridized carbons (Fsp3) is 0.400. The molecule has 2 aromatic rings. The number of morpholine rings is 1. The van der Waals surface area contributed by atoms with E-state index in [4.69, 9.17) is 15.2 Å². The maximum absolute atomic E-state index is 12.4. The highest BCUT2D eigenvalue weighted by Crippen LogP contribution is 2.16. The van der Waals surface area contributed by atoms with E-state index in [1.807, 2.05) is 24.3 Å². The molecule has 0 bridgehead atoms. The third kappa shape index (κ3) is 5.00. The summed E-state index contributed by atoms with van der Waals surface area (Å²) in [5, 5.41) is 2.85. The minimum Gasteiger partial charge on any atom is -0.463 e. The molecule has 2 aliphatic heterocycles. The molecule has 1 aromatic heterocycles. The van der Waals surface area contributed by atoms with Gasteiger partial charge in [-0.2, -0.15) is 0 Å². The molecule has 1 saturated heterocycles. The lowest BCUT2D eigenvalue weighted by atomic mass is 10.1. The molecular formula is C20H24N6O3. The van der Waals surface area contributed by atoms with Gasteiger partial charge in [-0.3, -0.25) is 4.79 Å². The number of aromatic nitrogens is 2. The minimum atomic E-state index is -0.285. The number of carbonyl (C=O) groups is 1. The lowest BCUT2D eigenvalue weighted by molar-refractivity contribution is 0.102. The van der Waals surface area contributed by atoms with Crippen LogP contribution >= 0.6 is 0 Å². The number of hydrogen-bond donors (Lipinski definition) is 2. The van der Waals surface area contributed by atoms with Crippen LogP contribution in [0.4, 0.5) is 11.5 Å². The molecule has 9 heteroatoms. The topological polar surface area (TPSA) is 115 Å². The summed E-state index contributed by atoms with van der Waals surface area (Å²) in [6, 6.07) is 8.14. The predicted molar refractivity (Wildman–Crippen MR) is 109 cm³/mol. The van der Waals surface area contributed by atoms with Crippen LogP contribution in [-0.2, 0) is 15.9 Å². The SMILES string of the molecule is NC1=N[C@@H](CCc2ccc(NC(=O)c3cnc(N4CCOCC4)cn3)cc2)CO1. The van der Waals surface area contributed by atoms with Gasteiger partial charge in [0, 0.05) is 18.8 Å². The Balaban J connectivity index is 1.29. The number of amides is 1. The molecule has 4 rings (SSSR count). The highest BCUT2D eigenvalue weighted by molar-refractivity contribution is 6.02. The molecule has 2 aliphatic rings. The van der Waals surface area contributed by atoms with E-state index in [0.29, 0.717) is 25.5 Å². The standard InChI is InChI=1S/C20H24N6O3/c21-20-25-16(13-29-20)6-3-14-1-4-15(5-2-14)24-19(27)17-11-23-18(12-22-17)26-7-9-28-10-8-26/h1-2,4-5,11-12,16H,3,6-10,13H2,(H2,21,25)(H,24,27)/t16-/m0/s1. The Morgan fingerprint density at radius 2 is 1.97 bits per heavy atom. The van der Waals surface area contributed by atoms with Crippen molar-refractivity contribution in [1.29, 1.82) is 0 Å². The number of aryl methyl sites for hydroxylation is 1. The normalized spacial score (nSPS) is 18.8. The van der Waals surface area contributed by atoms with Crippen LogP contribution in [0.2, 0.25) is 0 Å². The van der Waals surface area contributed by atoms with Crippen LogP contribution in [0.3, 0.4) is 0 Å². The fourth-order valence-electron chi connectivity index (χ4n) is 3.26. The Labute approximate surface area is 168 Å². The average Bonchev–Trinajstić information content (AvgIpc) is 3.19. The van der Waals surface area contributed by atoms with Crippen molar-refractivity contribution in [3.8, 4) is 0 Å². The molecular weight excluding hydrogens is 372 g/mol. The molecule has 9 nitrogen and oxygen atoms in total. The zero-order valence-corrected chi connectivity index (χ0v) is 16.1. The van der Waals surface area contributed by atoms with Crippen molar-refractivity contribution >= 4 is 23.4 Å². The van der Waals surface area contributed by atoms with Crippen molar-refractivity contribution in [3.05, 3.63) is 47.9 Å². The molecule has 1 fully saturated rings. The van der Waals surface area contributed by atoms with Crippen LogP contribution in [0.1, 0.15) is 22.5 Å². The Morgan fingerprint density at radius 1 is 1.17 bits per heavy atom. The van der Waals surface area contributed by atoms with Crippen molar-refractivity contribution in [2.24, 2.45) is 10.7 Å². The van der Waals surface area contributed by atoms with Crippen LogP contribution in [-0.4, -0.2) is 60.8 Å². The molecule has 0 aliphatic carbocycles. The molecule has 3 heterocycles. The van der Waals surface area contributed by atoms with Crippen molar-refractivity contribution in [3.63, 3.8) is 0 Å². The van der Waals surface area contributed by atoms with Crippen LogP contribution < -0.4 is 16.0 Å². The number of anilines is 2. The minimum absolute atomic E-state index is 0.119. The number of nitrogens with zero attached hydrogens (tertiary/aromatic N) is 4. The van der Waals surface area contributed by atoms with Crippen LogP contribution in [0.15, 0.2) is 41.7 Å². The first-order valence-corrected chi connectivity index (χ1v) is 9.68. The quantitative estimate of drug-likeness (QED) is 0.754. The fourth-order valence-corrected chi connectivity index (χ4v) is 3.26. The largest absolute Gasteiger partial charge is 0.463 e. The zero-order chi connectivity index (χ0) is 20.1. The number of nitrogens with one attached hydrogen (secondary N) is 1. The van der Waals surface area contributed by atoms with Crippen molar-refractivity contribution in [1.82, 2.24) is 9.97 Å². The van der Waals surface area contributed by atoms with Crippen LogP contribution in [0, 0.1) is 0 Å². The Bertz CT molecular complexity index is 863. The summed E-state index contributed by atoms with van der Waals surface area (Å²) in [5.74, 6) is 0.472. The molecule has 3 N–H and O–H groups in total. The summed E-state index contributed by atoms with van der Waals surface area (Å²) in [5.41, 5.74) is 7.68. The summed E-state index contributed by atoms with van der Waals surface area (Å²) in [6.07, 6.45) is 4.88. The monoisotopic (exact) mass is 396 g/mol. The van der Waals surface area contributed by atoms with Gasteiger partial charge >= 0.3 is 0 Å². The first-order chi connectivity index (χ1) is 14.2. The van der Waals surface area contributed by atoms with Gasteiger partial charge in [-0.15, -0.1) is 0 Å². The smallest absolute Gasteiger partial charge is 0.282 e. The van der Waals surface area contributed by atoms with Gasteiger partial charge in [-0.1, -0.05) is 12.1 Å². The molecule has 29 heavy (non-hydrogen) atoms. The van der Waals surface area contributed by atoms with E-state index < -0.39 is 0 Å². The van der Waals surface area contributed by atoms with Crippen molar-refractivity contribution in [2.45, 2.75) is 18.9 Å². The highest BCUT2D eigenvalue weighted by Gasteiger charge is 2.17. The summed E-state index contributed by atoms with van der Waals surface area (Å²) in [4.78, 5) is 27.4. The zero-order valence-electron chi connectivity index (χ0n) is 16.1. The summed E-state index contributed by atoms with van der Waals surface area (Å²) in [6.45, 7) is 3.46. The van der Waals surface area contributed by atoms with Gasteiger partial charge in [0.1, 0.15) is 18.1 Å². The summed E-state index contributed by atoms with van der Waals surface area (Å²) >= 11 is 0. The van der Waals surface area contributed by atoms with Gasteiger partial charge in [-0.05, 0) is 30.5 Å². The highest BCUT2D eigenvalue weighted by atomic mass is 16.5. The number of rotatable bonds is 6. The van der Waals surface area contributed by atoms with E-state index in [2.05, 4.69) is 25.2 Å². The lowest BCUT2D eigenvalue weighted by Gasteiger charge is -2.27.